The van der Waals surface area contributed by atoms with Gasteiger partial charge in [-0.25, -0.2) is 4.79 Å². The molecule has 0 unspecified atom stereocenters. The van der Waals surface area contributed by atoms with Crippen LogP contribution in [0.4, 0.5) is 4.79 Å². The Morgan fingerprint density at radius 1 is 1.11 bits per heavy atom. The summed E-state index contributed by atoms with van der Waals surface area (Å²) in [5.41, 5.74) is 0.856. The van der Waals surface area contributed by atoms with Crippen molar-refractivity contribution >= 4 is 6.09 Å². The molecule has 0 N–H and O–H groups in total. The Labute approximate surface area is 157 Å². The van der Waals surface area contributed by atoms with Crippen molar-refractivity contribution in [2.24, 2.45) is 0 Å². The highest BCUT2D eigenvalue weighted by Gasteiger charge is 2.27. The van der Waals surface area contributed by atoms with Crippen molar-refractivity contribution in [1.29, 1.82) is 0 Å². The van der Waals surface area contributed by atoms with Crippen LogP contribution in [0.1, 0.15) is 44.4 Å². The molecule has 1 saturated carbocycles. The number of aromatic nitrogens is 3. The fraction of sp³-hybridized carbons (Fsp3) is 0.579. The zero-order valence-corrected chi connectivity index (χ0v) is 15.2. The van der Waals surface area contributed by atoms with Crippen molar-refractivity contribution in [2.75, 3.05) is 13.1 Å². The van der Waals surface area contributed by atoms with E-state index in [1.54, 1.807) is 17.3 Å². The largest absolute Gasteiger partial charge is 0.446 e. The third-order valence-electron chi connectivity index (χ3n) is 5.12. The number of amides is 1. The first-order valence-corrected chi connectivity index (χ1v) is 9.58. The van der Waals surface area contributed by atoms with Gasteiger partial charge in [-0.2, -0.15) is 4.98 Å². The van der Waals surface area contributed by atoms with Gasteiger partial charge >= 0.3 is 6.09 Å². The molecule has 4 rings (SSSR count). The molecule has 2 aliphatic rings. The predicted octanol–water partition coefficient (Wildman–Crippen LogP) is 3.19. The van der Waals surface area contributed by atoms with E-state index in [2.05, 4.69) is 15.1 Å². The third-order valence-corrected chi connectivity index (χ3v) is 5.12. The van der Waals surface area contributed by atoms with E-state index >= 15 is 0 Å². The van der Waals surface area contributed by atoms with Gasteiger partial charge in [0.2, 0.25) is 5.82 Å². The standard InChI is InChI=1S/C19H24N4O4/c24-19(26-16-3-1-2-4-16)23-11-7-15(8-12-23)25-13-17-21-18(22-27-17)14-5-9-20-10-6-14/h5-6,9-10,15-16H,1-4,7-8,11-13H2. The van der Waals surface area contributed by atoms with E-state index in [9.17, 15) is 4.79 Å². The molecule has 3 heterocycles. The number of carbonyl (C=O) groups excluding carboxylic acids is 1. The molecule has 144 valence electrons. The maximum Gasteiger partial charge on any atom is 0.410 e. The normalized spacial score (nSPS) is 18.7. The fourth-order valence-electron chi connectivity index (χ4n) is 3.55. The first kappa shape index (κ1) is 17.9. The van der Waals surface area contributed by atoms with Gasteiger partial charge in [0.25, 0.3) is 5.89 Å². The van der Waals surface area contributed by atoms with Gasteiger partial charge in [0, 0.05) is 31.0 Å². The Balaban J connectivity index is 1.21. The van der Waals surface area contributed by atoms with E-state index in [0.29, 0.717) is 24.8 Å². The lowest BCUT2D eigenvalue weighted by Crippen LogP contribution is -2.42. The van der Waals surface area contributed by atoms with Crippen LogP contribution in [0.25, 0.3) is 11.4 Å². The number of ether oxygens (including phenoxy) is 2. The van der Waals surface area contributed by atoms with Gasteiger partial charge in [0.05, 0.1) is 6.10 Å². The maximum atomic E-state index is 12.2. The van der Waals surface area contributed by atoms with Gasteiger partial charge in [-0.15, -0.1) is 0 Å². The number of rotatable bonds is 5. The molecule has 1 amide bonds. The van der Waals surface area contributed by atoms with E-state index < -0.39 is 0 Å². The lowest BCUT2D eigenvalue weighted by Gasteiger charge is -2.31. The number of nitrogens with zero attached hydrogens (tertiary/aromatic N) is 4. The minimum absolute atomic E-state index is 0.0804. The molecule has 1 aliphatic heterocycles. The van der Waals surface area contributed by atoms with Gasteiger partial charge in [-0.05, 0) is 50.7 Å². The van der Waals surface area contributed by atoms with Crippen LogP contribution in [0.2, 0.25) is 0 Å². The molecule has 2 aromatic rings. The van der Waals surface area contributed by atoms with Crippen molar-refractivity contribution in [3.05, 3.63) is 30.4 Å². The molecule has 1 saturated heterocycles. The molecule has 8 heteroatoms. The molecule has 0 atom stereocenters. The Hall–Kier alpha value is -2.48. The fourth-order valence-corrected chi connectivity index (χ4v) is 3.55. The summed E-state index contributed by atoms with van der Waals surface area (Å²) in [4.78, 5) is 22.3. The number of pyridine rings is 1. The SMILES string of the molecule is O=C(OC1CCCC1)N1CCC(OCc2nc(-c3ccncc3)no2)CC1. The Morgan fingerprint density at radius 2 is 1.85 bits per heavy atom. The Bertz CT molecular complexity index is 737. The van der Waals surface area contributed by atoms with Crippen LogP contribution in [0, 0.1) is 0 Å². The van der Waals surface area contributed by atoms with Crippen molar-refractivity contribution < 1.29 is 18.8 Å². The summed E-state index contributed by atoms with van der Waals surface area (Å²) in [7, 11) is 0. The van der Waals surface area contributed by atoms with Gasteiger partial charge in [0.15, 0.2) is 0 Å². The van der Waals surface area contributed by atoms with Crippen molar-refractivity contribution in [3.63, 3.8) is 0 Å². The van der Waals surface area contributed by atoms with Crippen LogP contribution in [0.3, 0.4) is 0 Å². The number of hydrogen-bond donors (Lipinski definition) is 0. The number of carbonyl (C=O) groups is 1. The monoisotopic (exact) mass is 372 g/mol. The van der Waals surface area contributed by atoms with E-state index in [-0.39, 0.29) is 24.9 Å². The zero-order valence-electron chi connectivity index (χ0n) is 15.2. The number of hydrogen-bond acceptors (Lipinski definition) is 7. The van der Waals surface area contributed by atoms with Crippen LogP contribution in [0.15, 0.2) is 29.0 Å². The van der Waals surface area contributed by atoms with Crippen LogP contribution in [0.5, 0.6) is 0 Å². The smallest absolute Gasteiger partial charge is 0.410 e. The summed E-state index contributed by atoms with van der Waals surface area (Å²) in [6.45, 7) is 1.58. The highest BCUT2D eigenvalue weighted by atomic mass is 16.6. The van der Waals surface area contributed by atoms with E-state index in [0.717, 1.165) is 44.1 Å². The molecular formula is C19H24N4O4. The summed E-state index contributed by atoms with van der Waals surface area (Å²) < 4.78 is 16.7. The number of likely N-dealkylation sites (tertiary alicyclic amines) is 1. The second kappa shape index (κ2) is 8.47. The molecule has 8 nitrogen and oxygen atoms in total. The Kier molecular flexibility index (Phi) is 5.62. The molecular weight excluding hydrogens is 348 g/mol. The zero-order chi connectivity index (χ0) is 18.5. The molecule has 0 spiro atoms. The average Bonchev–Trinajstić information content (AvgIpc) is 3.39. The van der Waals surface area contributed by atoms with Crippen LogP contribution in [-0.2, 0) is 16.1 Å². The lowest BCUT2D eigenvalue weighted by atomic mass is 10.1. The van der Waals surface area contributed by atoms with Crippen molar-refractivity contribution in [1.82, 2.24) is 20.0 Å². The summed E-state index contributed by atoms with van der Waals surface area (Å²) in [6, 6.07) is 3.66. The molecule has 0 radical (unpaired) electrons. The van der Waals surface area contributed by atoms with Gasteiger partial charge in [0.1, 0.15) is 12.7 Å². The highest BCUT2D eigenvalue weighted by Crippen LogP contribution is 2.23. The first-order chi connectivity index (χ1) is 13.3. The highest BCUT2D eigenvalue weighted by molar-refractivity contribution is 5.68. The maximum absolute atomic E-state index is 12.2. The second-order valence-corrected chi connectivity index (χ2v) is 7.04. The van der Waals surface area contributed by atoms with Crippen LogP contribution in [-0.4, -0.2) is 51.4 Å². The van der Waals surface area contributed by atoms with Crippen molar-refractivity contribution in [2.45, 2.75) is 57.3 Å². The predicted molar refractivity (Wildman–Crippen MR) is 95.7 cm³/mol. The van der Waals surface area contributed by atoms with Gasteiger partial charge < -0.3 is 18.9 Å². The number of piperidine rings is 1. The average molecular weight is 372 g/mol. The molecule has 2 fully saturated rings. The van der Waals surface area contributed by atoms with E-state index in [4.69, 9.17) is 14.0 Å². The molecule has 27 heavy (non-hydrogen) atoms. The van der Waals surface area contributed by atoms with E-state index in [1.165, 1.54) is 0 Å². The molecule has 1 aliphatic carbocycles. The summed E-state index contributed by atoms with van der Waals surface area (Å²) in [5, 5.41) is 3.97. The summed E-state index contributed by atoms with van der Waals surface area (Å²) >= 11 is 0. The second-order valence-electron chi connectivity index (χ2n) is 7.04. The van der Waals surface area contributed by atoms with Crippen molar-refractivity contribution in [3.8, 4) is 11.4 Å². The molecule has 0 aromatic carbocycles. The third kappa shape index (κ3) is 4.63. The van der Waals surface area contributed by atoms with Crippen LogP contribution < -0.4 is 0 Å². The molecule has 2 aromatic heterocycles. The van der Waals surface area contributed by atoms with Gasteiger partial charge in [-0.1, -0.05) is 5.16 Å². The first-order valence-electron chi connectivity index (χ1n) is 9.58. The topological polar surface area (TPSA) is 90.6 Å². The molecule has 0 bridgehead atoms. The van der Waals surface area contributed by atoms with E-state index in [1.807, 2.05) is 12.1 Å². The lowest BCUT2D eigenvalue weighted by molar-refractivity contribution is -0.0159. The summed E-state index contributed by atoms with van der Waals surface area (Å²) in [5.74, 6) is 0.977. The Morgan fingerprint density at radius 3 is 2.59 bits per heavy atom. The quantitative estimate of drug-likeness (QED) is 0.796. The minimum atomic E-state index is -0.181. The van der Waals surface area contributed by atoms with Gasteiger partial charge in [-0.3, -0.25) is 4.98 Å². The summed E-state index contributed by atoms with van der Waals surface area (Å²) in [6.07, 6.45) is 9.26. The minimum Gasteiger partial charge on any atom is -0.446 e. The van der Waals surface area contributed by atoms with Crippen LogP contribution >= 0.6 is 0 Å².